The van der Waals surface area contributed by atoms with Crippen LogP contribution in [-0.2, 0) is 28.6 Å². The fourth-order valence-corrected chi connectivity index (χ4v) is 7.15. The van der Waals surface area contributed by atoms with E-state index in [1.165, 1.54) is 122 Å². The second kappa shape index (κ2) is 50.5. The third-order valence-electron chi connectivity index (χ3n) is 11.1. The lowest BCUT2D eigenvalue weighted by Gasteiger charge is -2.18. The summed E-state index contributed by atoms with van der Waals surface area (Å²) in [5.74, 6) is -0.943. The van der Waals surface area contributed by atoms with Crippen molar-refractivity contribution in [1.82, 2.24) is 0 Å². The molecule has 0 radical (unpaired) electrons. The highest BCUT2D eigenvalue weighted by Gasteiger charge is 2.19. The second-order valence-electron chi connectivity index (χ2n) is 17.2. The summed E-state index contributed by atoms with van der Waals surface area (Å²) < 4.78 is 16.7. The van der Waals surface area contributed by atoms with Crippen LogP contribution in [0.5, 0.6) is 0 Å². The maximum Gasteiger partial charge on any atom is 0.306 e. The highest BCUT2D eigenvalue weighted by Crippen LogP contribution is 2.16. The molecule has 62 heavy (non-hydrogen) atoms. The Hall–Kier alpha value is -3.15. The van der Waals surface area contributed by atoms with Crippen molar-refractivity contribution >= 4 is 17.9 Å². The zero-order valence-electron chi connectivity index (χ0n) is 40.6. The van der Waals surface area contributed by atoms with Gasteiger partial charge in [-0.05, 0) is 57.8 Å². The van der Waals surface area contributed by atoms with Gasteiger partial charge in [0.1, 0.15) is 13.2 Å². The minimum atomic E-state index is -0.798. The first-order valence-electron chi connectivity index (χ1n) is 26.0. The Bertz CT molecular complexity index is 1180. The number of ether oxygens (including phenoxy) is 3. The molecule has 0 aliphatic carbocycles. The highest BCUT2D eigenvalue weighted by molar-refractivity contribution is 5.71. The first-order valence-corrected chi connectivity index (χ1v) is 26.0. The lowest BCUT2D eigenvalue weighted by atomic mass is 10.0. The summed E-state index contributed by atoms with van der Waals surface area (Å²) in [7, 11) is 0. The first-order chi connectivity index (χ1) is 30.5. The number of carbonyl (C=O) groups excluding carboxylic acids is 3. The van der Waals surface area contributed by atoms with E-state index in [2.05, 4.69) is 45.1 Å². The average molecular weight is 865 g/mol. The molecule has 1 atom stereocenters. The number of hydrogen-bond acceptors (Lipinski definition) is 6. The molecule has 0 saturated heterocycles. The average Bonchev–Trinajstić information content (AvgIpc) is 3.27. The standard InChI is InChI=1S/C56H96O6/c1-4-7-10-13-16-19-22-24-26-27-28-30-31-34-37-40-43-46-49-55(58)61-52-53(51-60-54(57)48-45-42-39-36-33-21-18-15-12-9-6-3)62-56(59)50-47-44-41-38-35-32-29-25-23-20-17-14-11-8-5-2/h8,11,14-15,17-18,20,23,25,29,32,35,53H,4-7,9-10,12-13,16,19,21-22,24,26-28,30-31,33-34,36-52H2,1-3H3/b11-8-,17-14-,18-15-,23-20-,29-25-,35-32-. The Kier molecular flexibility index (Phi) is 47.9. The molecule has 6 heteroatoms. The van der Waals surface area contributed by atoms with E-state index in [4.69, 9.17) is 14.2 Å². The minimum Gasteiger partial charge on any atom is -0.462 e. The van der Waals surface area contributed by atoms with Crippen LogP contribution in [-0.4, -0.2) is 37.2 Å². The molecule has 0 aliphatic heterocycles. The quantitative estimate of drug-likeness (QED) is 0.0199. The monoisotopic (exact) mass is 865 g/mol. The summed E-state index contributed by atoms with van der Waals surface area (Å²) in [5.41, 5.74) is 0. The summed E-state index contributed by atoms with van der Waals surface area (Å²) >= 11 is 0. The van der Waals surface area contributed by atoms with Gasteiger partial charge in [-0.15, -0.1) is 0 Å². The molecule has 1 unspecified atom stereocenters. The molecule has 0 rings (SSSR count). The molecule has 6 nitrogen and oxygen atoms in total. The molecule has 0 N–H and O–H groups in total. The van der Waals surface area contributed by atoms with E-state index in [0.29, 0.717) is 19.3 Å². The Morgan fingerprint density at radius 2 is 0.661 bits per heavy atom. The Labute approximate surface area is 382 Å². The Morgan fingerprint density at radius 3 is 1.10 bits per heavy atom. The molecule has 0 spiro atoms. The largest absolute Gasteiger partial charge is 0.462 e. The van der Waals surface area contributed by atoms with Gasteiger partial charge in [-0.2, -0.15) is 0 Å². The lowest BCUT2D eigenvalue weighted by molar-refractivity contribution is -0.167. The molecular formula is C56H96O6. The van der Waals surface area contributed by atoms with Gasteiger partial charge in [0.2, 0.25) is 0 Å². The maximum absolute atomic E-state index is 12.8. The molecule has 0 aliphatic rings. The minimum absolute atomic E-state index is 0.0938. The van der Waals surface area contributed by atoms with Gasteiger partial charge in [0.15, 0.2) is 6.10 Å². The van der Waals surface area contributed by atoms with Crippen LogP contribution >= 0.6 is 0 Å². The van der Waals surface area contributed by atoms with Crippen LogP contribution in [0.3, 0.4) is 0 Å². The van der Waals surface area contributed by atoms with Gasteiger partial charge in [-0.25, -0.2) is 0 Å². The number of hydrogen-bond donors (Lipinski definition) is 0. The number of esters is 3. The molecule has 0 amide bonds. The van der Waals surface area contributed by atoms with E-state index in [9.17, 15) is 14.4 Å². The molecule has 0 aromatic carbocycles. The number of carbonyl (C=O) groups is 3. The predicted octanol–water partition coefficient (Wildman–Crippen LogP) is 17.0. The van der Waals surface area contributed by atoms with Gasteiger partial charge < -0.3 is 14.2 Å². The first kappa shape index (κ1) is 58.9. The van der Waals surface area contributed by atoms with Crippen molar-refractivity contribution in [2.24, 2.45) is 0 Å². The van der Waals surface area contributed by atoms with Gasteiger partial charge in [0.25, 0.3) is 0 Å². The van der Waals surface area contributed by atoms with Gasteiger partial charge in [0.05, 0.1) is 0 Å². The third-order valence-corrected chi connectivity index (χ3v) is 11.1. The highest BCUT2D eigenvalue weighted by atomic mass is 16.6. The zero-order chi connectivity index (χ0) is 45.1. The summed E-state index contributed by atoms with van der Waals surface area (Å²) in [6.45, 7) is 6.42. The molecule has 0 saturated carbocycles. The van der Waals surface area contributed by atoms with E-state index < -0.39 is 6.10 Å². The maximum atomic E-state index is 12.8. The van der Waals surface area contributed by atoms with Crippen LogP contribution in [0.15, 0.2) is 72.9 Å². The summed E-state index contributed by atoms with van der Waals surface area (Å²) in [6.07, 6.45) is 63.2. The SMILES string of the molecule is CC\C=C/C=C\C=C/C=C\C=C/CCCCCC(=O)OC(COC(=O)CCCCCCC/C=C\CCCC)COC(=O)CCCCCCCCCCCCCCCCCCCC. The Balaban J connectivity index is 4.40. The zero-order valence-corrected chi connectivity index (χ0v) is 40.6. The van der Waals surface area contributed by atoms with Crippen molar-refractivity contribution in [3.8, 4) is 0 Å². The van der Waals surface area contributed by atoms with E-state index >= 15 is 0 Å². The lowest BCUT2D eigenvalue weighted by Crippen LogP contribution is -2.30. The van der Waals surface area contributed by atoms with Crippen LogP contribution in [0.2, 0.25) is 0 Å². The topological polar surface area (TPSA) is 78.9 Å². The smallest absolute Gasteiger partial charge is 0.306 e. The van der Waals surface area contributed by atoms with Crippen LogP contribution in [0.4, 0.5) is 0 Å². The third kappa shape index (κ3) is 47.9. The number of unbranched alkanes of at least 4 members (excludes halogenated alkanes) is 27. The number of allylic oxidation sites excluding steroid dienone is 12. The summed E-state index contributed by atoms with van der Waals surface area (Å²) in [5, 5.41) is 0. The number of rotatable bonds is 46. The van der Waals surface area contributed by atoms with E-state index in [0.717, 1.165) is 77.0 Å². The fourth-order valence-electron chi connectivity index (χ4n) is 7.15. The van der Waals surface area contributed by atoms with Gasteiger partial charge in [-0.3, -0.25) is 14.4 Å². The normalized spacial score (nSPS) is 12.6. The van der Waals surface area contributed by atoms with Crippen LogP contribution in [0.25, 0.3) is 0 Å². The van der Waals surface area contributed by atoms with E-state index in [1.807, 2.05) is 48.6 Å². The molecule has 0 heterocycles. The van der Waals surface area contributed by atoms with Crippen molar-refractivity contribution in [1.29, 1.82) is 0 Å². The molecular weight excluding hydrogens is 769 g/mol. The van der Waals surface area contributed by atoms with E-state index in [1.54, 1.807) is 0 Å². The molecule has 0 aromatic heterocycles. The Morgan fingerprint density at radius 1 is 0.339 bits per heavy atom. The van der Waals surface area contributed by atoms with Crippen molar-refractivity contribution < 1.29 is 28.6 Å². The van der Waals surface area contributed by atoms with Gasteiger partial charge in [-0.1, -0.05) is 241 Å². The van der Waals surface area contributed by atoms with Crippen molar-refractivity contribution in [3.05, 3.63) is 72.9 Å². The van der Waals surface area contributed by atoms with Crippen molar-refractivity contribution in [2.45, 2.75) is 252 Å². The fraction of sp³-hybridized carbons (Fsp3) is 0.732. The van der Waals surface area contributed by atoms with Gasteiger partial charge >= 0.3 is 17.9 Å². The van der Waals surface area contributed by atoms with Crippen molar-refractivity contribution in [3.63, 3.8) is 0 Å². The second-order valence-corrected chi connectivity index (χ2v) is 17.2. The summed E-state index contributed by atoms with van der Waals surface area (Å²) in [6, 6.07) is 0. The van der Waals surface area contributed by atoms with Crippen molar-refractivity contribution in [2.75, 3.05) is 13.2 Å². The van der Waals surface area contributed by atoms with Crippen LogP contribution in [0, 0.1) is 0 Å². The van der Waals surface area contributed by atoms with Crippen LogP contribution in [0.1, 0.15) is 245 Å². The molecule has 0 bridgehead atoms. The predicted molar refractivity (Wildman–Crippen MR) is 265 cm³/mol. The molecule has 356 valence electrons. The van der Waals surface area contributed by atoms with E-state index in [-0.39, 0.29) is 37.5 Å². The summed E-state index contributed by atoms with van der Waals surface area (Å²) in [4.78, 5) is 37.9. The van der Waals surface area contributed by atoms with Crippen LogP contribution < -0.4 is 0 Å². The molecule has 0 fully saturated rings. The molecule has 0 aromatic rings. The van der Waals surface area contributed by atoms with Gasteiger partial charge in [0, 0.05) is 19.3 Å².